The van der Waals surface area contributed by atoms with Crippen LogP contribution in [0.4, 0.5) is 17.1 Å². The van der Waals surface area contributed by atoms with Gasteiger partial charge in [0.2, 0.25) is 0 Å². The first-order valence-electron chi connectivity index (χ1n) is 28.7. The zero-order valence-electron chi connectivity index (χ0n) is 53.3. The molecule has 1 aliphatic carbocycles. The molecular weight excluding hydrogens is 603 g/mol. The van der Waals surface area contributed by atoms with Gasteiger partial charge in [-0.05, 0) is 109 Å². The van der Waals surface area contributed by atoms with Gasteiger partial charge in [-0.15, -0.1) is 0 Å². The number of benzene rings is 8. The lowest BCUT2D eigenvalue weighted by Crippen LogP contribution is -2.24. The molecule has 0 aromatic heterocycles. The van der Waals surface area contributed by atoms with Crippen molar-refractivity contribution in [3.05, 3.63) is 199 Å². The number of hydrogen-bond donors (Lipinski definition) is 0. The molecule has 1 nitrogen and oxygen atoms in total. The highest BCUT2D eigenvalue weighted by molar-refractivity contribution is 6.09. The van der Waals surface area contributed by atoms with E-state index in [2.05, 4.69) is 0 Å². The van der Waals surface area contributed by atoms with Crippen molar-refractivity contribution in [3.8, 4) is 44.5 Å². The van der Waals surface area contributed by atoms with Crippen molar-refractivity contribution in [1.82, 2.24) is 0 Å². The Balaban J connectivity index is 1.40. The average molecular weight is 667 g/mol. The van der Waals surface area contributed by atoms with Gasteiger partial charge in [0, 0.05) is 22.5 Å². The number of para-hydroxylation sites is 1. The van der Waals surface area contributed by atoms with E-state index in [0.29, 0.717) is 0 Å². The number of rotatable bonds is 6. The summed E-state index contributed by atoms with van der Waals surface area (Å²) in [6, 6.07) is -16.5. The maximum Gasteiger partial charge on any atom is 0.0645 e. The minimum absolute atomic E-state index is 0.0532. The second-order valence-electron chi connectivity index (χ2n) is 11.7. The molecule has 238 valence electrons. The van der Waals surface area contributed by atoms with E-state index >= 15 is 0 Å². The maximum atomic E-state index is 9.76. The molecule has 0 saturated heterocycles. The van der Waals surface area contributed by atoms with Gasteiger partial charge in [-0.2, -0.15) is 0 Å². The van der Waals surface area contributed by atoms with E-state index in [1.807, 2.05) is 0 Å². The summed E-state index contributed by atoms with van der Waals surface area (Å²) in [4.78, 5) is 0.815. The minimum atomic E-state index is -1.58. The molecule has 0 bridgehead atoms. The van der Waals surface area contributed by atoms with Crippen molar-refractivity contribution in [3.63, 3.8) is 0 Å². The first-order valence-corrected chi connectivity index (χ1v) is 15.2. The van der Waals surface area contributed by atoms with Crippen LogP contribution in [0.3, 0.4) is 0 Å². The Bertz CT molecular complexity index is 3940. The third kappa shape index (κ3) is 5.02. The minimum Gasteiger partial charge on any atom is -0.311 e. The van der Waals surface area contributed by atoms with Crippen LogP contribution in [0.25, 0.3) is 55.3 Å². The van der Waals surface area contributed by atoms with Gasteiger partial charge in [0.15, 0.2) is 0 Å². The summed E-state index contributed by atoms with van der Waals surface area (Å²) in [5, 5.41) is -0.378. The van der Waals surface area contributed by atoms with Gasteiger partial charge in [-0.1, -0.05) is 159 Å². The Morgan fingerprint density at radius 2 is 1.06 bits per heavy atom. The first-order chi connectivity index (χ1) is 35.8. The van der Waals surface area contributed by atoms with Gasteiger partial charge in [0.1, 0.15) is 0 Å². The molecule has 0 atom stereocenters. The van der Waals surface area contributed by atoms with Crippen molar-refractivity contribution in [2.75, 3.05) is 4.90 Å². The van der Waals surface area contributed by atoms with Gasteiger partial charge in [0.05, 0.1) is 37.0 Å². The number of nitrogens with zero attached hydrogens (tertiary/aromatic N) is 1. The van der Waals surface area contributed by atoms with Gasteiger partial charge in [-0.25, -0.2) is 0 Å². The summed E-state index contributed by atoms with van der Waals surface area (Å²) in [6.45, 7) is 3.10. The van der Waals surface area contributed by atoms with Crippen LogP contribution >= 0.6 is 0 Å². The molecule has 0 saturated carbocycles. The van der Waals surface area contributed by atoms with E-state index < -0.39 is 219 Å². The zero-order valence-corrected chi connectivity index (χ0v) is 26.3. The molecule has 0 heterocycles. The van der Waals surface area contributed by atoms with Gasteiger partial charge in [-0.3, -0.25) is 0 Å². The molecule has 50 heavy (non-hydrogen) atoms. The Kier molecular flexibility index (Phi) is 3.12. The van der Waals surface area contributed by atoms with Crippen LogP contribution < -0.4 is 4.90 Å². The standard InChI is InChI=1S/C49H37N/c1-49(2)45-20-12-17-38-25-31-43(48(47(38)45)44-32-26-39(33-46(44)49)35-15-8-4-9-16-35)37-23-29-42(30-24-37)50(40-18-10-5-11-19-40)41-27-21-36(22-28-41)34-13-6-3-7-14-34/h3-33H,1-2H3/i3D,4D,5D,6D,7D,8D,9D,10D,11D,12D,13D,14D,15D,16D,17D,18D,20D,21D,22D,23D,24D,25D,26D,27D,28D,31D,33D. The van der Waals surface area contributed by atoms with Crippen molar-refractivity contribution < 1.29 is 37.0 Å². The van der Waals surface area contributed by atoms with Crippen LogP contribution in [0.2, 0.25) is 0 Å². The Morgan fingerprint density at radius 1 is 0.420 bits per heavy atom. The van der Waals surface area contributed by atoms with Crippen molar-refractivity contribution >= 4 is 27.8 Å². The maximum absolute atomic E-state index is 9.76. The fraction of sp³-hybridized carbons (Fsp3) is 0.0612. The van der Waals surface area contributed by atoms with Crippen molar-refractivity contribution in [2.45, 2.75) is 19.3 Å². The zero-order chi connectivity index (χ0) is 57.2. The third-order valence-corrected chi connectivity index (χ3v) is 8.43. The Labute approximate surface area is 332 Å². The highest BCUT2D eigenvalue weighted by Gasteiger charge is 2.35. The number of fused-ring (bicyclic) bond motifs is 2. The molecule has 0 amide bonds. The second-order valence-corrected chi connectivity index (χ2v) is 11.7. The molecule has 0 radical (unpaired) electrons. The quantitative estimate of drug-likeness (QED) is 0.171. The van der Waals surface area contributed by atoms with Crippen LogP contribution in [0.15, 0.2) is 187 Å². The lowest BCUT2D eigenvalue weighted by molar-refractivity contribution is 0.645. The molecule has 0 unspecified atom stereocenters. The number of hydrogen-bond acceptors (Lipinski definition) is 1. The second kappa shape index (κ2) is 12.1. The SMILES string of the molecule is [2H]c1cc(N(c2cc([2H])c(-c3c([2H])c([2H])c4c([2H])c([2H])c([2H])c5c4c3-c3cc([2H])c(-c4c([2H])c([2H])c([2H])c([2H])c4[2H])c([2H])c3C5(C)C)c([2H])c2)c2c([2H])c([2H])c(-c3c([2H])c([2H])c([2H])c([2H])c3[2H])c([2H])c2[2H])c([2H])c([2H])c1[2H]. The monoisotopic (exact) mass is 666 g/mol. The molecule has 8 aromatic carbocycles. The molecule has 0 N–H and O–H groups in total. The van der Waals surface area contributed by atoms with Crippen LogP contribution in [-0.2, 0) is 5.41 Å². The highest BCUT2D eigenvalue weighted by atomic mass is 15.1. The van der Waals surface area contributed by atoms with Gasteiger partial charge < -0.3 is 4.90 Å². The molecular formula is C49H37N. The predicted molar refractivity (Wildman–Crippen MR) is 213 cm³/mol. The number of anilines is 3. The summed E-state index contributed by atoms with van der Waals surface area (Å²) in [6.07, 6.45) is 0. The molecule has 1 heteroatoms. The lowest BCUT2D eigenvalue weighted by Gasteiger charge is -2.36. The lowest BCUT2D eigenvalue weighted by atomic mass is 9.67. The van der Waals surface area contributed by atoms with Gasteiger partial charge in [0.25, 0.3) is 0 Å². The van der Waals surface area contributed by atoms with Crippen molar-refractivity contribution in [1.29, 1.82) is 0 Å². The molecule has 0 spiro atoms. The molecule has 0 aliphatic heterocycles. The van der Waals surface area contributed by atoms with E-state index in [1.54, 1.807) is 13.8 Å². The fourth-order valence-corrected chi connectivity index (χ4v) is 6.11. The Hall–Kier alpha value is -6.18. The van der Waals surface area contributed by atoms with Crippen molar-refractivity contribution in [2.24, 2.45) is 0 Å². The largest absolute Gasteiger partial charge is 0.311 e. The van der Waals surface area contributed by atoms with Crippen LogP contribution in [-0.4, -0.2) is 0 Å². The fourth-order valence-electron chi connectivity index (χ4n) is 6.11. The topological polar surface area (TPSA) is 3.24 Å². The summed E-state index contributed by atoms with van der Waals surface area (Å²) in [7, 11) is 0. The van der Waals surface area contributed by atoms with E-state index in [0.717, 1.165) is 23.1 Å². The summed E-state index contributed by atoms with van der Waals surface area (Å²) in [5.74, 6) is 0. The van der Waals surface area contributed by atoms with Crippen LogP contribution in [0, 0.1) is 0 Å². The Morgan fingerprint density at radius 3 is 1.80 bits per heavy atom. The molecule has 9 rings (SSSR count). The van der Waals surface area contributed by atoms with E-state index in [9.17, 15) is 12.3 Å². The average Bonchev–Trinajstić information content (AvgIpc) is 3.53. The summed E-state index contributed by atoms with van der Waals surface area (Å²) in [5.41, 5.74) is -6.76. The first kappa shape index (κ1) is 12.9. The summed E-state index contributed by atoms with van der Waals surface area (Å²) >= 11 is 0. The third-order valence-electron chi connectivity index (χ3n) is 8.43. The van der Waals surface area contributed by atoms with Gasteiger partial charge >= 0.3 is 0 Å². The van der Waals surface area contributed by atoms with E-state index in [-0.39, 0.29) is 33.0 Å². The van der Waals surface area contributed by atoms with E-state index in [1.165, 1.54) is 6.07 Å². The smallest absolute Gasteiger partial charge is 0.0645 e. The molecule has 1 aliphatic rings. The molecule has 8 aromatic rings. The van der Waals surface area contributed by atoms with Crippen LogP contribution in [0.1, 0.15) is 62.0 Å². The molecule has 0 fully saturated rings. The summed E-state index contributed by atoms with van der Waals surface area (Å²) < 4.78 is 240. The predicted octanol–water partition coefficient (Wildman–Crippen LogP) is 13.6. The highest BCUT2D eigenvalue weighted by Crippen LogP contribution is 2.52. The van der Waals surface area contributed by atoms with E-state index in [4.69, 9.17) is 24.7 Å². The normalized spacial score (nSPS) is 20.3. The van der Waals surface area contributed by atoms with Crippen LogP contribution in [0.5, 0.6) is 0 Å².